The quantitative estimate of drug-likeness (QED) is 0.475. The number of likely N-dealkylation sites (tertiary alicyclic amines) is 1. The molecular formula is C23H21ClN6O2. The third-order valence-corrected chi connectivity index (χ3v) is 6.53. The Kier molecular flexibility index (Phi) is 4.43. The van der Waals surface area contributed by atoms with Gasteiger partial charge in [-0.25, -0.2) is 0 Å². The molecule has 9 heteroatoms. The third kappa shape index (κ3) is 3.22. The smallest absolute Gasteiger partial charge is 0.298 e. The second-order valence-electron chi connectivity index (χ2n) is 8.57. The Balaban J connectivity index is 1.28. The zero-order valence-electron chi connectivity index (χ0n) is 17.5. The summed E-state index contributed by atoms with van der Waals surface area (Å²) < 4.78 is 6.01. The number of rotatable bonds is 3. The number of carbonyl (C=O) groups is 1. The van der Waals surface area contributed by atoms with E-state index in [9.17, 15) is 4.79 Å². The number of anilines is 1. The topological polar surface area (TPSA) is 80.3 Å². The molecule has 2 aliphatic rings. The van der Waals surface area contributed by atoms with E-state index < -0.39 is 0 Å². The fraction of sp³-hybridized carbons (Fsp3) is 0.304. The Hall–Kier alpha value is -3.39. The maximum Gasteiger partial charge on any atom is 0.298 e. The van der Waals surface area contributed by atoms with Gasteiger partial charge in [-0.05, 0) is 49.6 Å². The van der Waals surface area contributed by atoms with Crippen molar-refractivity contribution < 1.29 is 9.21 Å². The standard InChI is InChI=1S/C23H21ClN6O2/c1-14-2-4-20(30-25-6-7-26-30)18(8-14)22(31)28-11-15-9-17(13-28)29(12-15)23-27-19-10-16(24)3-5-21(19)32-23/h2-8,10,15,17H,9,11-13H2,1H3. The molecule has 1 amide bonds. The molecule has 6 rings (SSSR count). The average molecular weight is 449 g/mol. The number of carbonyl (C=O) groups excluding carboxylic acids is 1. The molecule has 0 N–H and O–H groups in total. The molecule has 8 nitrogen and oxygen atoms in total. The number of piperidine rings is 1. The van der Waals surface area contributed by atoms with Crippen LogP contribution in [0.4, 0.5) is 6.01 Å². The molecule has 2 fully saturated rings. The second kappa shape index (κ2) is 7.34. The zero-order valence-corrected chi connectivity index (χ0v) is 18.2. The van der Waals surface area contributed by atoms with Crippen molar-refractivity contribution in [1.29, 1.82) is 0 Å². The van der Waals surface area contributed by atoms with Crippen LogP contribution in [-0.2, 0) is 0 Å². The van der Waals surface area contributed by atoms with Crippen molar-refractivity contribution in [1.82, 2.24) is 24.9 Å². The van der Waals surface area contributed by atoms with Crippen LogP contribution < -0.4 is 4.90 Å². The van der Waals surface area contributed by atoms with Gasteiger partial charge in [0.25, 0.3) is 11.9 Å². The van der Waals surface area contributed by atoms with E-state index in [0.29, 0.717) is 41.3 Å². The number of aryl methyl sites for hydroxylation is 1. The van der Waals surface area contributed by atoms with E-state index in [0.717, 1.165) is 29.6 Å². The number of hydrogen-bond acceptors (Lipinski definition) is 6. The van der Waals surface area contributed by atoms with Crippen molar-refractivity contribution in [3.8, 4) is 5.69 Å². The molecule has 162 valence electrons. The van der Waals surface area contributed by atoms with Gasteiger partial charge in [0, 0.05) is 24.7 Å². The van der Waals surface area contributed by atoms with Gasteiger partial charge < -0.3 is 14.2 Å². The highest BCUT2D eigenvalue weighted by molar-refractivity contribution is 6.31. The first kappa shape index (κ1) is 19.3. The van der Waals surface area contributed by atoms with Crippen LogP contribution in [0.25, 0.3) is 16.8 Å². The Morgan fingerprint density at radius 2 is 1.94 bits per heavy atom. The van der Waals surface area contributed by atoms with Gasteiger partial charge in [0.1, 0.15) is 5.52 Å². The molecule has 2 aliphatic heterocycles. The molecule has 2 aromatic carbocycles. The SMILES string of the molecule is Cc1ccc(-n2nccn2)c(C(=O)N2CC3CC(C2)N(c2nc4cc(Cl)ccc4o2)C3)c1. The van der Waals surface area contributed by atoms with Gasteiger partial charge in [-0.2, -0.15) is 20.0 Å². The minimum atomic E-state index is 0.00176. The maximum atomic E-state index is 13.6. The van der Waals surface area contributed by atoms with E-state index in [2.05, 4.69) is 20.1 Å². The molecule has 2 bridgehead atoms. The van der Waals surface area contributed by atoms with Crippen molar-refractivity contribution in [2.75, 3.05) is 24.5 Å². The second-order valence-corrected chi connectivity index (χ2v) is 9.00. The van der Waals surface area contributed by atoms with Gasteiger partial charge >= 0.3 is 0 Å². The first-order valence-corrected chi connectivity index (χ1v) is 11.0. The first-order chi connectivity index (χ1) is 15.5. The Labute approximate surface area is 189 Å². The summed E-state index contributed by atoms with van der Waals surface area (Å²) >= 11 is 6.10. The summed E-state index contributed by atoms with van der Waals surface area (Å²) in [5.41, 5.74) is 3.80. The molecule has 32 heavy (non-hydrogen) atoms. The largest absolute Gasteiger partial charge is 0.423 e. The zero-order chi connectivity index (χ0) is 21.8. The van der Waals surface area contributed by atoms with Crippen LogP contribution in [0.2, 0.25) is 5.02 Å². The number of aromatic nitrogens is 4. The van der Waals surface area contributed by atoms with Crippen LogP contribution in [0.5, 0.6) is 0 Å². The number of hydrogen-bond donors (Lipinski definition) is 0. The predicted molar refractivity (Wildman–Crippen MR) is 120 cm³/mol. The predicted octanol–water partition coefficient (Wildman–Crippen LogP) is 3.72. The number of benzene rings is 2. The highest BCUT2D eigenvalue weighted by atomic mass is 35.5. The molecule has 4 aromatic rings. The Morgan fingerprint density at radius 1 is 1.09 bits per heavy atom. The summed E-state index contributed by atoms with van der Waals surface area (Å²) in [4.78, 5) is 23.9. The lowest BCUT2D eigenvalue weighted by Crippen LogP contribution is -2.45. The molecule has 0 aliphatic carbocycles. The molecular weight excluding hydrogens is 428 g/mol. The lowest BCUT2D eigenvalue weighted by molar-refractivity contribution is 0.0693. The van der Waals surface area contributed by atoms with Gasteiger partial charge in [-0.3, -0.25) is 4.79 Å². The minimum absolute atomic E-state index is 0.00176. The van der Waals surface area contributed by atoms with E-state index in [1.807, 2.05) is 42.2 Å². The first-order valence-electron chi connectivity index (χ1n) is 10.6. The molecule has 0 saturated carbocycles. The molecule has 0 spiro atoms. The molecule has 2 atom stereocenters. The number of fused-ring (bicyclic) bond motifs is 3. The van der Waals surface area contributed by atoms with Crippen LogP contribution in [0.15, 0.2) is 53.2 Å². The lowest BCUT2D eigenvalue weighted by atomic mass is 9.98. The van der Waals surface area contributed by atoms with Crippen LogP contribution in [0.3, 0.4) is 0 Å². The van der Waals surface area contributed by atoms with E-state index in [4.69, 9.17) is 16.0 Å². The monoisotopic (exact) mass is 448 g/mol. The van der Waals surface area contributed by atoms with Crippen molar-refractivity contribution >= 4 is 34.6 Å². The number of halogens is 1. The summed E-state index contributed by atoms with van der Waals surface area (Å²) in [6, 6.07) is 12.0. The van der Waals surface area contributed by atoms with E-state index in [1.54, 1.807) is 18.5 Å². The van der Waals surface area contributed by atoms with Gasteiger partial charge in [0.15, 0.2) is 5.58 Å². The van der Waals surface area contributed by atoms with Gasteiger partial charge in [-0.15, -0.1) is 0 Å². The summed E-state index contributed by atoms with van der Waals surface area (Å²) in [7, 11) is 0. The van der Waals surface area contributed by atoms with Crippen molar-refractivity contribution in [2.45, 2.75) is 19.4 Å². The number of amides is 1. The van der Waals surface area contributed by atoms with Crippen molar-refractivity contribution in [3.63, 3.8) is 0 Å². The minimum Gasteiger partial charge on any atom is -0.423 e. The molecule has 2 aromatic heterocycles. The fourth-order valence-electron chi connectivity index (χ4n) is 4.88. The van der Waals surface area contributed by atoms with Gasteiger partial charge in [0.05, 0.1) is 29.7 Å². The van der Waals surface area contributed by atoms with E-state index >= 15 is 0 Å². The summed E-state index contributed by atoms with van der Waals surface area (Å²) in [6.07, 6.45) is 4.24. The molecule has 2 saturated heterocycles. The highest BCUT2D eigenvalue weighted by Gasteiger charge is 2.42. The maximum absolute atomic E-state index is 13.6. The number of nitrogens with zero attached hydrogens (tertiary/aromatic N) is 6. The lowest BCUT2D eigenvalue weighted by Gasteiger charge is -2.32. The third-order valence-electron chi connectivity index (χ3n) is 6.30. The van der Waals surface area contributed by atoms with Crippen molar-refractivity contribution in [3.05, 3.63) is 64.9 Å². The van der Waals surface area contributed by atoms with Gasteiger partial charge in [0.2, 0.25) is 0 Å². The summed E-state index contributed by atoms with van der Waals surface area (Å²) in [5.74, 6) is 0.370. The molecule has 0 radical (unpaired) electrons. The van der Waals surface area contributed by atoms with Crippen LogP contribution in [0.1, 0.15) is 22.3 Å². The van der Waals surface area contributed by atoms with E-state index in [1.165, 1.54) is 4.80 Å². The normalized spacial score (nSPS) is 20.3. The molecule has 2 unspecified atom stereocenters. The van der Waals surface area contributed by atoms with Crippen LogP contribution in [0, 0.1) is 12.8 Å². The summed E-state index contributed by atoms with van der Waals surface area (Å²) in [6.45, 7) is 4.13. The Morgan fingerprint density at radius 3 is 2.78 bits per heavy atom. The van der Waals surface area contributed by atoms with Crippen LogP contribution in [-0.4, -0.2) is 56.5 Å². The van der Waals surface area contributed by atoms with Gasteiger partial charge in [-0.1, -0.05) is 23.2 Å². The van der Waals surface area contributed by atoms with E-state index in [-0.39, 0.29) is 11.9 Å². The van der Waals surface area contributed by atoms with Crippen LogP contribution >= 0.6 is 11.6 Å². The van der Waals surface area contributed by atoms with Crippen molar-refractivity contribution in [2.24, 2.45) is 5.92 Å². The average Bonchev–Trinajstić information content (AvgIpc) is 3.51. The highest BCUT2D eigenvalue weighted by Crippen LogP contribution is 2.36. The number of oxazole rings is 1. The summed E-state index contributed by atoms with van der Waals surface area (Å²) in [5, 5.41) is 9.08. The fourth-order valence-corrected chi connectivity index (χ4v) is 5.04. The molecule has 4 heterocycles. The Bertz CT molecular complexity index is 1320.